The number of carboxylic acid groups (broad SMARTS) is 1. The highest BCUT2D eigenvalue weighted by Gasteiger charge is 2.15. The van der Waals surface area contributed by atoms with Gasteiger partial charge in [-0.1, -0.05) is 19.1 Å². The number of anilines is 1. The van der Waals surface area contributed by atoms with Crippen molar-refractivity contribution in [3.63, 3.8) is 0 Å². The molecule has 0 saturated carbocycles. The quantitative estimate of drug-likeness (QED) is 0.766. The molecule has 0 bridgehead atoms. The third kappa shape index (κ3) is 5.83. The Balaban J connectivity index is 2.44. The molecule has 6 nitrogen and oxygen atoms in total. The van der Waals surface area contributed by atoms with E-state index in [9.17, 15) is 14.4 Å². The lowest BCUT2D eigenvalue weighted by Crippen LogP contribution is -2.35. The molecule has 0 fully saturated rings. The van der Waals surface area contributed by atoms with Crippen molar-refractivity contribution in [2.75, 3.05) is 5.32 Å². The first-order chi connectivity index (χ1) is 9.38. The minimum atomic E-state index is -0.969. The third-order valence-electron chi connectivity index (χ3n) is 2.43. The van der Waals surface area contributed by atoms with Crippen molar-refractivity contribution in [2.24, 2.45) is 5.92 Å². The van der Waals surface area contributed by atoms with Crippen LogP contribution in [0.3, 0.4) is 0 Å². The number of imide groups is 1. The molecule has 1 atom stereocenters. The van der Waals surface area contributed by atoms with Crippen molar-refractivity contribution < 1.29 is 19.5 Å². The molecule has 1 rings (SSSR count). The van der Waals surface area contributed by atoms with Crippen molar-refractivity contribution in [1.82, 2.24) is 5.32 Å². The summed E-state index contributed by atoms with van der Waals surface area (Å²) in [6, 6.07) is 6.33. The molecule has 0 aliphatic rings. The summed E-state index contributed by atoms with van der Waals surface area (Å²) >= 11 is 3.27. The fourth-order valence-electron chi connectivity index (χ4n) is 1.58. The number of benzene rings is 1. The summed E-state index contributed by atoms with van der Waals surface area (Å²) in [6.45, 7) is 1.64. The Labute approximate surface area is 124 Å². The van der Waals surface area contributed by atoms with Crippen LogP contribution in [0.1, 0.15) is 19.8 Å². The van der Waals surface area contributed by atoms with E-state index < -0.39 is 17.9 Å². The first-order valence-electron chi connectivity index (χ1n) is 5.95. The zero-order valence-electron chi connectivity index (χ0n) is 10.9. The van der Waals surface area contributed by atoms with Crippen LogP contribution in [0.5, 0.6) is 0 Å². The standard InChI is InChI=1S/C13H15BrN2O4/c1-8(7-12(18)19)6-11(17)16-13(20)15-10-5-3-2-4-9(10)14/h2-5,8H,6-7H2,1H3,(H,18,19)(H2,15,16,17,20). The molecule has 20 heavy (non-hydrogen) atoms. The second-order valence-corrected chi connectivity index (χ2v) is 5.24. The Bertz CT molecular complexity index is 519. The van der Waals surface area contributed by atoms with E-state index in [-0.39, 0.29) is 18.8 Å². The number of carbonyl (C=O) groups is 3. The van der Waals surface area contributed by atoms with Crippen LogP contribution in [0.4, 0.5) is 10.5 Å². The Morgan fingerprint density at radius 1 is 1.25 bits per heavy atom. The molecule has 3 N–H and O–H groups in total. The predicted octanol–water partition coefficient (Wildman–Crippen LogP) is 2.60. The fourth-order valence-corrected chi connectivity index (χ4v) is 1.96. The van der Waals surface area contributed by atoms with Crippen LogP contribution < -0.4 is 10.6 Å². The maximum Gasteiger partial charge on any atom is 0.325 e. The topological polar surface area (TPSA) is 95.5 Å². The first-order valence-corrected chi connectivity index (χ1v) is 6.75. The van der Waals surface area contributed by atoms with E-state index in [1.165, 1.54) is 0 Å². The van der Waals surface area contributed by atoms with E-state index in [2.05, 4.69) is 26.6 Å². The number of para-hydroxylation sites is 1. The van der Waals surface area contributed by atoms with E-state index >= 15 is 0 Å². The smallest absolute Gasteiger partial charge is 0.325 e. The average Bonchev–Trinajstić information content (AvgIpc) is 2.30. The third-order valence-corrected chi connectivity index (χ3v) is 3.12. The lowest BCUT2D eigenvalue weighted by atomic mass is 10.0. The van der Waals surface area contributed by atoms with Crippen molar-refractivity contribution in [3.8, 4) is 0 Å². The van der Waals surface area contributed by atoms with E-state index in [1.54, 1.807) is 31.2 Å². The zero-order chi connectivity index (χ0) is 15.1. The Kier molecular flexibility index (Phi) is 6.17. The monoisotopic (exact) mass is 342 g/mol. The minimum absolute atomic E-state index is 0.0182. The van der Waals surface area contributed by atoms with Gasteiger partial charge in [0.1, 0.15) is 0 Å². The predicted molar refractivity (Wildman–Crippen MR) is 77.3 cm³/mol. The maximum absolute atomic E-state index is 11.6. The van der Waals surface area contributed by atoms with Gasteiger partial charge in [0.25, 0.3) is 0 Å². The molecule has 108 valence electrons. The number of hydrogen-bond acceptors (Lipinski definition) is 3. The molecule has 1 aromatic rings. The molecule has 1 unspecified atom stereocenters. The second kappa shape index (κ2) is 7.64. The van der Waals surface area contributed by atoms with Gasteiger partial charge < -0.3 is 10.4 Å². The van der Waals surface area contributed by atoms with Crippen LogP contribution in [-0.4, -0.2) is 23.0 Å². The summed E-state index contributed by atoms with van der Waals surface area (Å²) in [5.74, 6) is -1.81. The molecular formula is C13H15BrN2O4. The van der Waals surface area contributed by atoms with Crippen molar-refractivity contribution in [2.45, 2.75) is 19.8 Å². The summed E-state index contributed by atoms with van der Waals surface area (Å²) < 4.78 is 0.696. The van der Waals surface area contributed by atoms with Gasteiger partial charge in [-0.05, 0) is 34.0 Å². The molecule has 1 aromatic carbocycles. The average molecular weight is 343 g/mol. The summed E-state index contributed by atoms with van der Waals surface area (Å²) in [7, 11) is 0. The van der Waals surface area contributed by atoms with Gasteiger partial charge in [-0.2, -0.15) is 0 Å². The van der Waals surface area contributed by atoms with Crippen LogP contribution in [0, 0.1) is 5.92 Å². The molecule has 0 aliphatic carbocycles. The summed E-state index contributed by atoms with van der Waals surface area (Å²) in [4.78, 5) is 33.6. The molecule has 0 radical (unpaired) electrons. The Morgan fingerprint density at radius 2 is 1.90 bits per heavy atom. The Hall–Kier alpha value is -1.89. The van der Waals surface area contributed by atoms with Crippen LogP contribution in [0.15, 0.2) is 28.7 Å². The van der Waals surface area contributed by atoms with Crippen molar-refractivity contribution in [1.29, 1.82) is 0 Å². The number of hydrogen-bond donors (Lipinski definition) is 3. The van der Waals surface area contributed by atoms with Crippen LogP contribution in [-0.2, 0) is 9.59 Å². The summed E-state index contributed by atoms with van der Waals surface area (Å²) in [5.41, 5.74) is 0.538. The minimum Gasteiger partial charge on any atom is -0.481 e. The Morgan fingerprint density at radius 3 is 2.50 bits per heavy atom. The highest BCUT2D eigenvalue weighted by atomic mass is 79.9. The van der Waals surface area contributed by atoms with Crippen molar-refractivity contribution in [3.05, 3.63) is 28.7 Å². The number of nitrogens with one attached hydrogen (secondary N) is 2. The highest BCUT2D eigenvalue weighted by molar-refractivity contribution is 9.10. The normalized spacial score (nSPS) is 11.5. The van der Waals surface area contributed by atoms with E-state index in [1.807, 2.05) is 0 Å². The molecular weight excluding hydrogens is 328 g/mol. The molecule has 0 heterocycles. The zero-order valence-corrected chi connectivity index (χ0v) is 12.4. The number of halogens is 1. The van der Waals surface area contributed by atoms with Gasteiger partial charge in [-0.3, -0.25) is 14.9 Å². The molecule has 0 saturated heterocycles. The highest BCUT2D eigenvalue weighted by Crippen LogP contribution is 2.20. The number of carbonyl (C=O) groups excluding carboxylic acids is 2. The molecule has 0 aliphatic heterocycles. The van der Waals surface area contributed by atoms with Gasteiger partial charge in [0.15, 0.2) is 0 Å². The molecule has 3 amide bonds. The molecule has 0 aromatic heterocycles. The largest absolute Gasteiger partial charge is 0.481 e. The summed E-state index contributed by atoms with van der Waals surface area (Å²) in [6.07, 6.45) is -0.130. The van der Waals surface area contributed by atoms with Gasteiger partial charge in [-0.15, -0.1) is 0 Å². The van der Waals surface area contributed by atoms with E-state index in [0.29, 0.717) is 10.2 Å². The molecule has 0 spiro atoms. The number of urea groups is 1. The van der Waals surface area contributed by atoms with Gasteiger partial charge in [-0.25, -0.2) is 4.79 Å². The van der Waals surface area contributed by atoms with Crippen LogP contribution in [0.2, 0.25) is 0 Å². The number of aliphatic carboxylic acids is 1. The van der Waals surface area contributed by atoms with Gasteiger partial charge in [0.2, 0.25) is 5.91 Å². The number of rotatable bonds is 5. The van der Waals surface area contributed by atoms with Gasteiger partial charge in [0.05, 0.1) is 5.69 Å². The SMILES string of the molecule is CC(CC(=O)O)CC(=O)NC(=O)Nc1ccccc1Br. The fraction of sp³-hybridized carbons (Fsp3) is 0.308. The van der Waals surface area contributed by atoms with Crippen molar-refractivity contribution >= 4 is 39.5 Å². The van der Waals surface area contributed by atoms with E-state index in [0.717, 1.165) is 0 Å². The lowest BCUT2D eigenvalue weighted by Gasteiger charge is -2.10. The number of carboxylic acids is 1. The van der Waals surface area contributed by atoms with Gasteiger partial charge >= 0.3 is 12.0 Å². The molecule has 7 heteroatoms. The summed E-state index contributed by atoms with van der Waals surface area (Å²) in [5, 5.41) is 13.3. The van der Waals surface area contributed by atoms with Gasteiger partial charge in [0, 0.05) is 17.3 Å². The van der Waals surface area contributed by atoms with E-state index in [4.69, 9.17) is 5.11 Å². The maximum atomic E-state index is 11.6. The van der Waals surface area contributed by atoms with Crippen LogP contribution in [0.25, 0.3) is 0 Å². The number of amides is 3. The first kappa shape index (κ1) is 16.2. The lowest BCUT2D eigenvalue weighted by molar-refractivity contribution is -0.138. The van der Waals surface area contributed by atoms with Crippen LogP contribution >= 0.6 is 15.9 Å². The second-order valence-electron chi connectivity index (χ2n) is 4.39.